The molecule has 2 N–H and O–H groups in total. The molecule has 0 radical (unpaired) electrons. The lowest BCUT2D eigenvalue weighted by Crippen LogP contribution is -2.33. The molecule has 0 unspecified atom stereocenters. The van der Waals surface area contributed by atoms with E-state index in [0.717, 1.165) is 42.5 Å². The van der Waals surface area contributed by atoms with Gasteiger partial charge in [0.05, 0.1) is 17.8 Å². The van der Waals surface area contributed by atoms with Gasteiger partial charge >= 0.3 is 0 Å². The van der Waals surface area contributed by atoms with Crippen LogP contribution in [0.3, 0.4) is 0 Å². The van der Waals surface area contributed by atoms with Crippen molar-refractivity contribution in [3.8, 4) is 6.07 Å². The van der Waals surface area contributed by atoms with Crippen LogP contribution in [-0.2, 0) is 24.2 Å². The van der Waals surface area contributed by atoms with Gasteiger partial charge in [-0.1, -0.05) is 13.3 Å². The Morgan fingerprint density at radius 3 is 2.79 bits per heavy atom. The molecule has 0 aliphatic carbocycles. The van der Waals surface area contributed by atoms with Gasteiger partial charge in [-0.2, -0.15) is 5.26 Å². The van der Waals surface area contributed by atoms with E-state index >= 15 is 0 Å². The number of ether oxygens (including phenoxy) is 1. The fourth-order valence-electron chi connectivity index (χ4n) is 2.53. The van der Waals surface area contributed by atoms with E-state index in [2.05, 4.69) is 18.0 Å². The third-order valence-corrected chi connectivity index (χ3v) is 3.61. The van der Waals surface area contributed by atoms with E-state index in [1.165, 1.54) is 0 Å². The van der Waals surface area contributed by atoms with Crippen LogP contribution in [0.5, 0.6) is 0 Å². The molecule has 19 heavy (non-hydrogen) atoms. The Morgan fingerprint density at radius 1 is 1.42 bits per heavy atom. The van der Waals surface area contributed by atoms with Crippen LogP contribution in [-0.4, -0.2) is 10.6 Å². The maximum atomic E-state index is 9.30. The number of unbranched alkanes of at least 4 members (excludes halogenated alkanes) is 1. The smallest absolute Gasteiger partial charge is 0.141 e. The van der Waals surface area contributed by atoms with Crippen molar-refractivity contribution in [2.75, 3.05) is 5.73 Å². The molecule has 0 fully saturated rings. The summed E-state index contributed by atoms with van der Waals surface area (Å²) in [5.41, 5.74) is 9.36. The summed E-state index contributed by atoms with van der Waals surface area (Å²) in [5, 5.41) is 9.30. The monoisotopic (exact) mass is 259 g/mol. The zero-order valence-electron chi connectivity index (χ0n) is 11.9. The van der Waals surface area contributed by atoms with Crippen LogP contribution >= 0.6 is 0 Å². The molecule has 0 amide bonds. The van der Waals surface area contributed by atoms with Crippen LogP contribution in [0.15, 0.2) is 0 Å². The van der Waals surface area contributed by atoms with Crippen molar-refractivity contribution in [3.05, 3.63) is 22.4 Å². The van der Waals surface area contributed by atoms with E-state index in [1.54, 1.807) is 0 Å². The maximum Gasteiger partial charge on any atom is 0.141 e. The quantitative estimate of drug-likeness (QED) is 0.906. The highest BCUT2D eigenvalue weighted by atomic mass is 16.5. The van der Waals surface area contributed by atoms with E-state index in [0.29, 0.717) is 18.0 Å². The number of nitrogen functional groups attached to an aromatic ring is 1. The van der Waals surface area contributed by atoms with Crippen molar-refractivity contribution >= 4 is 5.82 Å². The minimum atomic E-state index is -0.242. The number of rotatable bonds is 3. The predicted molar refractivity (Wildman–Crippen MR) is 74.5 cm³/mol. The number of nitriles is 1. The first kappa shape index (κ1) is 13.8. The second-order valence-corrected chi connectivity index (χ2v) is 5.72. The molecule has 1 aliphatic rings. The molecule has 2 rings (SSSR count). The Morgan fingerprint density at radius 2 is 2.16 bits per heavy atom. The van der Waals surface area contributed by atoms with E-state index < -0.39 is 0 Å². The van der Waals surface area contributed by atoms with Crippen molar-refractivity contribution in [2.45, 2.75) is 58.7 Å². The molecule has 1 aromatic heterocycles. The van der Waals surface area contributed by atoms with Crippen molar-refractivity contribution in [3.63, 3.8) is 0 Å². The summed E-state index contributed by atoms with van der Waals surface area (Å²) in [6.45, 7) is 6.77. The van der Waals surface area contributed by atoms with E-state index in [4.69, 9.17) is 10.5 Å². The molecule has 0 aromatic carbocycles. The summed E-state index contributed by atoms with van der Waals surface area (Å²) in [7, 11) is 0. The van der Waals surface area contributed by atoms with Gasteiger partial charge in [0.15, 0.2) is 0 Å². The Hall–Kier alpha value is -1.60. The molecule has 0 saturated heterocycles. The topological polar surface area (TPSA) is 71.9 Å². The fourth-order valence-corrected chi connectivity index (χ4v) is 2.53. The molecule has 0 spiro atoms. The minimum Gasteiger partial charge on any atom is -0.383 e. The summed E-state index contributed by atoms with van der Waals surface area (Å²) in [6, 6.07) is 2.20. The molecular weight excluding hydrogens is 238 g/mol. The highest BCUT2D eigenvalue weighted by molar-refractivity contribution is 5.58. The first-order chi connectivity index (χ1) is 8.98. The SMILES string of the molecule is CCCCc1nc(N)c(C#N)c2c1COC(C)(C)C2. The number of nitrogens with two attached hydrogens (primary N) is 1. The Labute approximate surface area is 114 Å². The summed E-state index contributed by atoms with van der Waals surface area (Å²) in [4.78, 5) is 4.42. The van der Waals surface area contributed by atoms with Gasteiger partial charge in [0.2, 0.25) is 0 Å². The number of anilines is 1. The van der Waals surface area contributed by atoms with Gasteiger partial charge < -0.3 is 10.5 Å². The lowest BCUT2D eigenvalue weighted by Gasteiger charge is -2.33. The number of hydrogen-bond donors (Lipinski definition) is 1. The normalized spacial score (nSPS) is 16.7. The Balaban J connectivity index is 2.51. The summed E-state index contributed by atoms with van der Waals surface area (Å²) < 4.78 is 5.86. The number of pyridine rings is 1. The molecule has 102 valence electrons. The van der Waals surface area contributed by atoms with Gasteiger partial charge in [0.1, 0.15) is 11.9 Å². The molecule has 0 bridgehead atoms. The highest BCUT2D eigenvalue weighted by Gasteiger charge is 2.31. The molecule has 4 nitrogen and oxygen atoms in total. The molecule has 0 atom stereocenters. The summed E-state index contributed by atoms with van der Waals surface area (Å²) in [5.74, 6) is 0.366. The predicted octanol–water partition coefficient (Wildman–Crippen LogP) is 2.73. The first-order valence-corrected chi connectivity index (χ1v) is 6.82. The van der Waals surface area contributed by atoms with Gasteiger partial charge in [-0.05, 0) is 32.3 Å². The number of aryl methyl sites for hydroxylation is 1. The van der Waals surface area contributed by atoms with Gasteiger partial charge in [-0.3, -0.25) is 0 Å². The van der Waals surface area contributed by atoms with Crippen LogP contribution in [0.2, 0.25) is 0 Å². The van der Waals surface area contributed by atoms with Gasteiger partial charge in [-0.15, -0.1) is 0 Å². The van der Waals surface area contributed by atoms with Gasteiger partial charge in [0, 0.05) is 17.7 Å². The number of hydrogen-bond acceptors (Lipinski definition) is 4. The van der Waals surface area contributed by atoms with E-state index in [1.807, 2.05) is 13.8 Å². The van der Waals surface area contributed by atoms with Crippen molar-refractivity contribution in [2.24, 2.45) is 0 Å². The average molecular weight is 259 g/mol. The third-order valence-electron chi connectivity index (χ3n) is 3.61. The minimum absolute atomic E-state index is 0.242. The number of fused-ring (bicyclic) bond motifs is 1. The second-order valence-electron chi connectivity index (χ2n) is 5.72. The molecule has 2 heterocycles. The zero-order chi connectivity index (χ0) is 14.0. The van der Waals surface area contributed by atoms with E-state index in [-0.39, 0.29) is 5.60 Å². The summed E-state index contributed by atoms with van der Waals surface area (Å²) >= 11 is 0. The van der Waals surface area contributed by atoms with Crippen LogP contribution in [0.25, 0.3) is 0 Å². The summed E-state index contributed by atoms with van der Waals surface area (Å²) in [6.07, 6.45) is 3.81. The molecule has 4 heteroatoms. The van der Waals surface area contributed by atoms with Crippen LogP contribution in [0.1, 0.15) is 56.0 Å². The van der Waals surface area contributed by atoms with Gasteiger partial charge in [-0.25, -0.2) is 4.98 Å². The highest BCUT2D eigenvalue weighted by Crippen LogP contribution is 2.33. The van der Waals surface area contributed by atoms with Crippen LogP contribution < -0.4 is 5.73 Å². The third kappa shape index (κ3) is 2.71. The Bertz CT molecular complexity index is 529. The average Bonchev–Trinajstić information content (AvgIpc) is 2.34. The van der Waals surface area contributed by atoms with Crippen LogP contribution in [0.4, 0.5) is 5.82 Å². The second kappa shape index (κ2) is 5.18. The first-order valence-electron chi connectivity index (χ1n) is 6.82. The van der Waals surface area contributed by atoms with Crippen LogP contribution in [0, 0.1) is 11.3 Å². The maximum absolute atomic E-state index is 9.30. The van der Waals surface area contributed by atoms with Gasteiger partial charge in [0.25, 0.3) is 0 Å². The zero-order valence-corrected chi connectivity index (χ0v) is 11.9. The fraction of sp³-hybridized carbons (Fsp3) is 0.600. The standard InChI is InChI=1S/C15H21N3O/c1-4-5-6-13-12-9-19-15(2,3)7-10(12)11(8-16)14(17)18-13/h4-7,9H2,1-3H3,(H2,17,18). The molecule has 0 saturated carbocycles. The lowest BCUT2D eigenvalue weighted by molar-refractivity contribution is -0.0407. The van der Waals surface area contributed by atoms with Crippen molar-refractivity contribution < 1.29 is 4.74 Å². The molecule has 1 aromatic rings. The molecule has 1 aliphatic heterocycles. The largest absolute Gasteiger partial charge is 0.383 e. The Kier molecular flexibility index (Phi) is 3.77. The van der Waals surface area contributed by atoms with Crippen molar-refractivity contribution in [1.82, 2.24) is 4.98 Å². The lowest BCUT2D eigenvalue weighted by atomic mass is 9.87. The molecular formula is C15H21N3O. The number of aromatic nitrogens is 1. The van der Waals surface area contributed by atoms with E-state index in [9.17, 15) is 5.26 Å². The number of nitrogens with zero attached hydrogens (tertiary/aromatic N) is 2. The van der Waals surface area contributed by atoms with Crippen molar-refractivity contribution in [1.29, 1.82) is 5.26 Å².